The number of aliphatic hydroxyl groups is 2. The molecule has 0 aromatic heterocycles. The van der Waals surface area contributed by atoms with Gasteiger partial charge in [0.05, 0.1) is 38.6 Å². The standard InChI is InChI=1S/C54H70N14O17S2/c55-42(73)20-36(50(81)66-38(23-69)45(57)76)64-48(79)35(19-29-10-14-31(72)15-11-29)63-53(84)40-25-86-87-26-41(68-49(80)34(17-27-5-2-1-3-6-27)62-47(78)32-7-4-16-58-32)54(85)65-37(21-43(56)74)51(82)67-39(24-70)52(83)61-33(46(77)59-22-44(75)60-40)18-28-8-12-30(71)13-9-28/h1-3,5-6,8-15,32-41,58,69-72H,4,7,16-26H2,(H2,55,73)(H2,56,74)(H2,57,76)(H,59,77)(H,60,75)(H,61,83)(H,62,78)(H,63,84)(H,64,79)(H,65,85)(H,66,81)(H,67,82)(H,68,80)/t32-,33-,34-,35-,36-,37?,38-,39-,40?,41-/m0/s1. The Bertz CT molecular complexity index is 2960. The van der Waals surface area contributed by atoms with Crippen molar-refractivity contribution in [2.45, 2.75) is 105 Å². The molecule has 2 heterocycles. The molecular weight excluding hydrogens is 1180 g/mol. The van der Waals surface area contributed by atoms with Gasteiger partial charge in [-0.2, -0.15) is 0 Å². The molecule has 87 heavy (non-hydrogen) atoms. The highest BCUT2D eigenvalue weighted by molar-refractivity contribution is 8.76. The summed E-state index contributed by atoms with van der Waals surface area (Å²) < 4.78 is 0. The predicted octanol–water partition coefficient (Wildman–Crippen LogP) is -7.03. The Balaban J connectivity index is 1.53. The number of aliphatic hydroxyl groups excluding tert-OH is 2. The second kappa shape index (κ2) is 34.2. The van der Waals surface area contributed by atoms with E-state index in [1.54, 1.807) is 30.3 Å². The smallest absolute Gasteiger partial charge is 0.245 e. The molecule has 33 heteroatoms. The minimum Gasteiger partial charge on any atom is -0.508 e. The molecule has 2 unspecified atom stereocenters. The lowest BCUT2D eigenvalue weighted by atomic mass is 10.0. The Hall–Kier alpha value is -9.05. The van der Waals surface area contributed by atoms with Crippen LogP contribution in [0.5, 0.6) is 11.5 Å². The van der Waals surface area contributed by atoms with Gasteiger partial charge in [0.1, 0.15) is 65.9 Å². The Labute approximate surface area is 505 Å². The first kappa shape index (κ1) is 68.7. The van der Waals surface area contributed by atoms with Crippen molar-refractivity contribution in [2.75, 3.05) is 37.8 Å². The quantitative estimate of drug-likeness (QED) is 0.0392. The molecule has 0 aliphatic carbocycles. The molecule has 0 saturated carbocycles. The summed E-state index contributed by atoms with van der Waals surface area (Å²) in [7, 11) is 1.62. The van der Waals surface area contributed by atoms with Gasteiger partial charge in [-0.15, -0.1) is 0 Å². The van der Waals surface area contributed by atoms with E-state index in [4.69, 9.17) is 17.2 Å². The van der Waals surface area contributed by atoms with Crippen molar-refractivity contribution < 1.29 is 82.8 Å². The van der Waals surface area contributed by atoms with Crippen molar-refractivity contribution in [3.05, 3.63) is 95.6 Å². The maximum atomic E-state index is 14.6. The maximum absolute atomic E-state index is 14.6. The molecule has 2 saturated heterocycles. The number of amides is 13. The van der Waals surface area contributed by atoms with Crippen molar-refractivity contribution in [3.63, 3.8) is 0 Å². The van der Waals surface area contributed by atoms with Gasteiger partial charge in [0, 0.05) is 30.8 Å². The summed E-state index contributed by atoms with van der Waals surface area (Å²) in [5.74, 6) is -15.1. The van der Waals surface area contributed by atoms with E-state index in [0.29, 0.717) is 36.1 Å². The fourth-order valence-corrected chi connectivity index (χ4v) is 11.0. The molecule has 0 bridgehead atoms. The number of hydrogen-bond acceptors (Lipinski definition) is 20. The Kier molecular flexibility index (Phi) is 27.0. The highest BCUT2D eigenvalue weighted by Gasteiger charge is 2.37. The molecule has 470 valence electrons. The van der Waals surface area contributed by atoms with Gasteiger partial charge in [-0.05, 0) is 60.3 Å². The Morgan fingerprint density at radius 1 is 0.563 bits per heavy atom. The molecule has 10 atom stereocenters. The fraction of sp³-hybridized carbons (Fsp3) is 0.426. The molecule has 21 N–H and O–H groups in total. The summed E-state index contributed by atoms with van der Waals surface area (Å²) in [6.07, 6.45) is -1.42. The third-order valence-corrected chi connectivity index (χ3v) is 15.7. The number of primary amides is 3. The minimum atomic E-state index is -1.88. The Morgan fingerprint density at radius 3 is 1.68 bits per heavy atom. The zero-order valence-corrected chi connectivity index (χ0v) is 48.2. The average molecular weight is 1250 g/mol. The molecule has 0 spiro atoms. The summed E-state index contributed by atoms with van der Waals surface area (Å²) in [4.78, 5) is 177. The van der Waals surface area contributed by atoms with E-state index in [2.05, 4.69) is 58.5 Å². The zero-order chi connectivity index (χ0) is 63.7. The normalized spacial score (nSPS) is 21.2. The van der Waals surface area contributed by atoms with Crippen LogP contribution < -0.4 is 75.7 Å². The van der Waals surface area contributed by atoms with Crippen LogP contribution in [-0.2, 0) is 81.6 Å². The van der Waals surface area contributed by atoms with Crippen LogP contribution in [0.3, 0.4) is 0 Å². The van der Waals surface area contributed by atoms with Crippen molar-refractivity contribution in [1.29, 1.82) is 0 Å². The molecule has 3 aromatic rings. The van der Waals surface area contributed by atoms with Gasteiger partial charge in [0.2, 0.25) is 76.8 Å². The molecule has 13 amide bonds. The molecule has 0 radical (unpaired) electrons. The van der Waals surface area contributed by atoms with Crippen LogP contribution in [0.15, 0.2) is 78.9 Å². The lowest BCUT2D eigenvalue weighted by Gasteiger charge is -2.27. The number of phenolic OH excluding ortho intramolecular Hbond substituents is 2. The number of rotatable bonds is 23. The number of nitrogens with one attached hydrogen (secondary N) is 11. The van der Waals surface area contributed by atoms with E-state index in [0.717, 1.165) is 21.6 Å². The van der Waals surface area contributed by atoms with Crippen molar-refractivity contribution in [2.24, 2.45) is 17.2 Å². The van der Waals surface area contributed by atoms with E-state index in [-0.39, 0.29) is 24.3 Å². The minimum absolute atomic E-state index is 0.0738. The SMILES string of the molecule is NC(=O)CC1NC(=O)[C@@H](NC(=O)[C@H](Cc2ccccc2)NC(=O)[C@@H]2CCCN2)CSSCC(C(=O)N[C@@H](Cc2ccc(O)cc2)C(=O)N[C@@H](CC(N)=O)C(=O)N[C@@H](CO)C(N)=O)NC(=O)CNC(=O)[C@H](Cc2ccc(O)cc2)NC(=O)[C@H](CO)NC1=O. The molecule has 2 aliphatic rings. The van der Waals surface area contributed by atoms with Gasteiger partial charge in [-0.25, -0.2) is 0 Å². The summed E-state index contributed by atoms with van der Waals surface area (Å²) in [6, 6.07) is 3.29. The van der Waals surface area contributed by atoms with Gasteiger partial charge >= 0.3 is 0 Å². The number of benzene rings is 3. The molecule has 2 aliphatic heterocycles. The fourth-order valence-electron chi connectivity index (χ4n) is 8.66. The summed E-state index contributed by atoms with van der Waals surface area (Å²) in [5.41, 5.74) is 17.4. The first-order valence-electron chi connectivity index (χ1n) is 27.1. The van der Waals surface area contributed by atoms with E-state index in [9.17, 15) is 82.8 Å². The first-order chi connectivity index (χ1) is 41.4. The van der Waals surface area contributed by atoms with E-state index in [1.807, 2.05) is 0 Å². The number of carbonyl (C=O) groups is 13. The third kappa shape index (κ3) is 22.7. The number of carbonyl (C=O) groups excluding carboxylic acids is 13. The largest absolute Gasteiger partial charge is 0.508 e. The lowest BCUT2D eigenvalue weighted by Crippen LogP contribution is -2.61. The van der Waals surface area contributed by atoms with Gasteiger partial charge in [-0.3, -0.25) is 62.3 Å². The topological polar surface area (TPSA) is 513 Å². The Morgan fingerprint density at radius 2 is 1.10 bits per heavy atom. The average Bonchev–Trinajstić information content (AvgIpc) is 4.19. The van der Waals surface area contributed by atoms with Gasteiger partial charge in [0.25, 0.3) is 0 Å². The second-order valence-corrected chi connectivity index (χ2v) is 22.6. The highest BCUT2D eigenvalue weighted by Crippen LogP contribution is 2.24. The van der Waals surface area contributed by atoms with Gasteiger partial charge in [-0.1, -0.05) is 76.2 Å². The van der Waals surface area contributed by atoms with Gasteiger partial charge in [0.15, 0.2) is 0 Å². The number of phenols is 2. The van der Waals surface area contributed by atoms with E-state index >= 15 is 0 Å². The lowest BCUT2D eigenvalue weighted by molar-refractivity contribution is -0.136. The van der Waals surface area contributed by atoms with E-state index in [1.165, 1.54) is 48.5 Å². The van der Waals surface area contributed by atoms with Crippen molar-refractivity contribution in [3.8, 4) is 11.5 Å². The van der Waals surface area contributed by atoms with Crippen LogP contribution in [0.2, 0.25) is 0 Å². The van der Waals surface area contributed by atoms with Crippen LogP contribution in [0, 0.1) is 0 Å². The van der Waals surface area contributed by atoms with Crippen molar-refractivity contribution in [1.82, 2.24) is 58.5 Å². The molecule has 31 nitrogen and oxygen atoms in total. The number of nitrogens with two attached hydrogens (primary N) is 3. The monoisotopic (exact) mass is 1250 g/mol. The molecular formula is C54H70N14O17S2. The number of aromatic hydroxyl groups is 2. The molecule has 5 rings (SSSR count). The number of hydrogen-bond donors (Lipinski definition) is 18. The van der Waals surface area contributed by atoms with Crippen LogP contribution >= 0.6 is 21.6 Å². The first-order valence-corrected chi connectivity index (χ1v) is 29.6. The summed E-state index contributed by atoms with van der Waals surface area (Å²) in [6.45, 7) is -2.45. The summed E-state index contributed by atoms with van der Waals surface area (Å²) in [5, 5.41) is 67.0. The third-order valence-electron chi connectivity index (χ3n) is 13.3. The van der Waals surface area contributed by atoms with Crippen LogP contribution in [-0.4, -0.2) is 195 Å². The second-order valence-electron chi connectivity index (χ2n) is 20.1. The van der Waals surface area contributed by atoms with Crippen LogP contribution in [0.25, 0.3) is 0 Å². The van der Waals surface area contributed by atoms with Crippen LogP contribution in [0.4, 0.5) is 0 Å². The predicted molar refractivity (Wildman–Crippen MR) is 311 cm³/mol. The van der Waals surface area contributed by atoms with Gasteiger partial charge < -0.3 is 96.1 Å². The molecule has 3 aromatic carbocycles. The van der Waals surface area contributed by atoms with E-state index < -0.39 is 188 Å². The summed E-state index contributed by atoms with van der Waals surface area (Å²) >= 11 is 0. The highest BCUT2D eigenvalue weighted by atomic mass is 33.1. The maximum Gasteiger partial charge on any atom is 0.245 e. The zero-order valence-electron chi connectivity index (χ0n) is 46.6. The molecule has 2 fully saturated rings. The van der Waals surface area contributed by atoms with Crippen molar-refractivity contribution >= 4 is 98.4 Å². The van der Waals surface area contributed by atoms with Crippen LogP contribution in [0.1, 0.15) is 42.4 Å².